The van der Waals surface area contributed by atoms with Gasteiger partial charge in [-0.3, -0.25) is 4.98 Å². The number of nitrogens with one attached hydrogen (secondary N) is 2. The zero-order valence-corrected chi connectivity index (χ0v) is 16.5. The number of benzene rings is 1. The number of carbonyl (C=O) groups excluding carboxylic acids is 1. The topological polar surface area (TPSA) is 75.1 Å². The molecule has 3 aromatic rings. The molecule has 31 heavy (non-hydrogen) atoms. The van der Waals surface area contributed by atoms with E-state index in [2.05, 4.69) is 20.7 Å². The fourth-order valence-corrected chi connectivity index (χ4v) is 3.52. The van der Waals surface area contributed by atoms with E-state index >= 15 is 0 Å². The zero-order chi connectivity index (χ0) is 21.8. The second kappa shape index (κ2) is 8.66. The first-order chi connectivity index (χ1) is 14.9. The fourth-order valence-electron chi connectivity index (χ4n) is 3.52. The number of urea groups is 1. The molecular formula is C21H21F3N6O. The molecule has 3 heterocycles. The molecule has 0 bridgehead atoms. The van der Waals surface area contributed by atoms with Crippen molar-refractivity contribution in [3.8, 4) is 0 Å². The number of fused-ring (bicyclic) bond motifs is 1. The van der Waals surface area contributed by atoms with Gasteiger partial charge in [0.1, 0.15) is 5.82 Å². The van der Waals surface area contributed by atoms with Crippen molar-refractivity contribution in [3.05, 3.63) is 72.2 Å². The second-order valence-corrected chi connectivity index (χ2v) is 7.28. The minimum atomic E-state index is -4.38. The molecule has 7 nitrogen and oxygen atoms in total. The van der Waals surface area contributed by atoms with E-state index in [4.69, 9.17) is 0 Å². The number of hydrogen-bond acceptors (Lipinski definition) is 4. The van der Waals surface area contributed by atoms with Gasteiger partial charge in [-0.2, -0.15) is 18.3 Å². The number of anilines is 2. The maximum absolute atomic E-state index is 12.9. The molecule has 0 saturated heterocycles. The van der Waals surface area contributed by atoms with E-state index in [9.17, 15) is 18.0 Å². The Hall–Kier alpha value is -3.56. The van der Waals surface area contributed by atoms with Crippen LogP contribution < -0.4 is 15.5 Å². The van der Waals surface area contributed by atoms with Crippen LogP contribution in [0.15, 0.2) is 60.9 Å². The number of amides is 2. The van der Waals surface area contributed by atoms with Crippen LogP contribution in [-0.2, 0) is 19.3 Å². The van der Waals surface area contributed by atoms with Gasteiger partial charge < -0.3 is 15.5 Å². The van der Waals surface area contributed by atoms with E-state index in [-0.39, 0.29) is 11.9 Å². The van der Waals surface area contributed by atoms with Crippen molar-refractivity contribution in [2.24, 2.45) is 5.92 Å². The van der Waals surface area contributed by atoms with E-state index in [1.54, 1.807) is 23.1 Å². The van der Waals surface area contributed by atoms with Gasteiger partial charge in [0.2, 0.25) is 0 Å². The quantitative estimate of drug-likeness (QED) is 0.649. The number of nitrogens with zero attached hydrogens (tertiary/aromatic N) is 4. The first-order valence-corrected chi connectivity index (χ1v) is 9.78. The number of hydrogen-bond donors (Lipinski definition) is 2. The summed E-state index contributed by atoms with van der Waals surface area (Å²) in [4.78, 5) is 18.2. The molecule has 0 radical (unpaired) electrons. The third kappa shape index (κ3) is 4.96. The van der Waals surface area contributed by atoms with Gasteiger partial charge in [0.05, 0.1) is 24.0 Å². The van der Waals surface area contributed by atoms with E-state index in [1.807, 2.05) is 23.1 Å². The lowest BCUT2D eigenvalue weighted by molar-refractivity contribution is -0.137. The first-order valence-electron chi connectivity index (χ1n) is 9.78. The maximum Gasteiger partial charge on any atom is 0.416 e. The van der Waals surface area contributed by atoms with Crippen LogP contribution in [0.2, 0.25) is 0 Å². The summed E-state index contributed by atoms with van der Waals surface area (Å²) in [6.07, 6.45) is -1.06. The molecule has 10 heteroatoms. The first kappa shape index (κ1) is 20.7. The molecule has 0 saturated carbocycles. The summed E-state index contributed by atoms with van der Waals surface area (Å²) in [6, 6.07) is 12.0. The van der Waals surface area contributed by atoms with Crippen molar-refractivity contribution in [2.75, 3.05) is 18.0 Å². The molecule has 2 amide bonds. The molecule has 1 unspecified atom stereocenters. The van der Waals surface area contributed by atoms with E-state index < -0.39 is 11.7 Å². The third-order valence-corrected chi connectivity index (χ3v) is 5.06. The molecule has 0 aliphatic carbocycles. The van der Waals surface area contributed by atoms with Crippen molar-refractivity contribution in [3.63, 3.8) is 0 Å². The molecule has 4 rings (SSSR count). The van der Waals surface area contributed by atoms with Crippen molar-refractivity contribution in [2.45, 2.75) is 19.3 Å². The molecule has 0 spiro atoms. The molecule has 1 aromatic carbocycles. The smallest absolute Gasteiger partial charge is 0.338 e. The van der Waals surface area contributed by atoms with Gasteiger partial charge in [0.15, 0.2) is 0 Å². The van der Waals surface area contributed by atoms with Crippen molar-refractivity contribution in [1.29, 1.82) is 0 Å². The highest BCUT2D eigenvalue weighted by atomic mass is 19.4. The third-order valence-electron chi connectivity index (χ3n) is 5.06. The molecule has 1 atom stereocenters. The molecule has 2 N–H and O–H groups in total. The largest absolute Gasteiger partial charge is 0.416 e. The van der Waals surface area contributed by atoms with Gasteiger partial charge in [0, 0.05) is 43.5 Å². The summed E-state index contributed by atoms with van der Waals surface area (Å²) in [7, 11) is 0. The van der Waals surface area contributed by atoms with Gasteiger partial charge in [0.25, 0.3) is 0 Å². The minimum Gasteiger partial charge on any atom is -0.338 e. The lowest BCUT2D eigenvalue weighted by atomic mass is 10.1. The Morgan fingerprint density at radius 1 is 1.03 bits per heavy atom. The Morgan fingerprint density at radius 3 is 2.55 bits per heavy atom. The number of aromatic nitrogens is 3. The lowest BCUT2D eigenvalue weighted by Crippen LogP contribution is -2.44. The van der Waals surface area contributed by atoms with Crippen LogP contribution in [0.5, 0.6) is 0 Å². The lowest BCUT2D eigenvalue weighted by Gasteiger charge is -2.35. The van der Waals surface area contributed by atoms with Gasteiger partial charge in [-0.05, 0) is 36.4 Å². The number of carbonyl (C=O) groups is 1. The van der Waals surface area contributed by atoms with Crippen LogP contribution in [0, 0.1) is 5.92 Å². The number of alkyl halides is 3. The predicted octanol–water partition coefficient (Wildman–Crippen LogP) is 3.56. The van der Waals surface area contributed by atoms with Crippen LogP contribution in [0.3, 0.4) is 0 Å². The molecule has 1 aliphatic heterocycles. The van der Waals surface area contributed by atoms with E-state index in [0.717, 1.165) is 23.6 Å². The summed E-state index contributed by atoms with van der Waals surface area (Å²) < 4.78 is 40.4. The van der Waals surface area contributed by atoms with Crippen LogP contribution in [0.1, 0.15) is 11.3 Å². The van der Waals surface area contributed by atoms with Gasteiger partial charge in [-0.25, -0.2) is 9.48 Å². The Morgan fingerprint density at radius 2 is 1.84 bits per heavy atom. The van der Waals surface area contributed by atoms with Gasteiger partial charge in [-0.15, -0.1) is 0 Å². The maximum atomic E-state index is 12.9. The average molecular weight is 430 g/mol. The highest BCUT2D eigenvalue weighted by molar-refractivity contribution is 5.73. The SMILES string of the molecule is O=C(NCc1ccccn1)NCC1CN(c2ccc(C(F)(F)F)cc2)c2ccnn2C1. The summed E-state index contributed by atoms with van der Waals surface area (Å²) in [5.41, 5.74) is 0.702. The summed E-state index contributed by atoms with van der Waals surface area (Å²) >= 11 is 0. The van der Waals surface area contributed by atoms with Crippen LogP contribution in [0.25, 0.3) is 0 Å². The predicted molar refractivity (Wildman–Crippen MR) is 109 cm³/mol. The Labute approximate surface area is 176 Å². The molecule has 2 aromatic heterocycles. The van der Waals surface area contributed by atoms with Gasteiger partial charge >= 0.3 is 12.2 Å². The monoisotopic (exact) mass is 430 g/mol. The standard InChI is InChI=1S/C21H21F3N6O/c22-21(23,24)16-4-6-18(7-5-16)29-13-15(14-30-19(29)8-10-28-30)11-26-20(31)27-12-17-3-1-2-9-25-17/h1-10,15H,11-14H2,(H2,26,27,31). The van der Waals surface area contributed by atoms with Crippen molar-refractivity contribution < 1.29 is 18.0 Å². The van der Waals surface area contributed by atoms with E-state index in [0.29, 0.717) is 31.9 Å². The van der Waals surface area contributed by atoms with Crippen molar-refractivity contribution >= 4 is 17.5 Å². The van der Waals surface area contributed by atoms with Crippen LogP contribution >= 0.6 is 0 Å². The molecule has 0 fully saturated rings. The minimum absolute atomic E-state index is 0.0234. The molecule has 162 valence electrons. The number of rotatable bonds is 5. The number of pyridine rings is 1. The van der Waals surface area contributed by atoms with Crippen LogP contribution in [0.4, 0.5) is 29.5 Å². The highest BCUT2D eigenvalue weighted by Gasteiger charge is 2.31. The van der Waals surface area contributed by atoms with Gasteiger partial charge in [-0.1, -0.05) is 6.07 Å². The second-order valence-electron chi connectivity index (χ2n) is 7.28. The fraction of sp³-hybridized carbons (Fsp3) is 0.286. The van der Waals surface area contributed by atoms with Crippen LogP contribution in [-0.4, -0.2) is 33.9 Å². The molecular weight excluding hydrogens is 409 g/mol. The van der Waals surface area contributed by atoms with E-state index in [1.165, 1.54) is 12.1 Å². The summed E-state index contributed by atoms with van der Waals surface area (Å²) in [6.45, 7) is 1.85. The normalized spacial score (nSPS) is 16.0. The summed E-state index contributed by atoms with van der Waals surface area (Å²) in [5, 5.41) is 9.91. The summed E-state index contributed by atoms with van der Waals surface area (Å²) in [5.74, 6) is 0.825. The Kier molecular flexibility index (Phi) is 5.79. The zero-order valence-electron chi connectivity index (χ0n) is 16.5. The highest BCUT2D eigenvalue weighted by Crippen LogP contribution is 2.34. The number of halogens is 3. The average Bonchev–Trinajstić information content (AvgIpc) is 3.24. The Bertz CT molecular complexity index is 1020. The molecule has 1 aliphatic rings. The Balaban J connectivity index is 1.39. The van der Waals surface area contributed by atoms with Crippen molar-refractivity contribution in [1.82, 2.24) is 25.4 Å².